The monoisotopic (exact) mass is 174 g/mol. The van der Waals surface area contributed by atoms with Crippen LogP contribution in [0.4, 0.5) is 0 Å². The molecule has 0 spiro atoms. The standard InChI is InChI=1S/C8H18N2O2/c1-8(2,3)5-6(9)4-7(11)10-12/h6,12H,4-5,9H2,1-3H3,(H,10,11). The van der Waals surface area contributed by atoms with Crippen LogP contribution in [0.3, 0.4) is 0 Å². The molecule has 0 radical (unpaired) electrons. The molecule has 0 rings (SSSR count). The zero-order valence-electron chi connectivity index (χ0n) is 7.92. The summed E-state index contributed by atoms with van der Waals surface area (Å²) in [6.45, 7) is 6.18. The summed E-state index contributed by atoms with van der Waals surface area (Å²) in [5, 5.41) is 8.23. The minimum Gasteiger partial charge on any atom is -0.327 e. The van der Waals surface area contributed by atoms with E-state index < -0.39 is 5.91 Å². The van der Waals surface area contributed by atoms with Crippen molar-refractivity contribution in [2.24, 2.45) is 11.1 Å². The minimum atomic E-state index is -0.424. The van der Waals surface area contributed by atoms with Crippen LogP contribution in [0.25, 0.3) is 0 Å². The number of amides is 1. The van der Waals surface area contributed by atoms with Crippen molar-refractivity contribution in [3.05, 3.63) is 0 Å². The van der Waals surface area contributed by atoms with Gasteiger partial charge in [-0.3, -0.25) is 10.0 Å². The fourth-order valence-corrected chi connectivity index (χ4v) is 1.14. The molecule has 4 nitrogen and oxygen atoms in total. The second-order valence-electron chi connectivity index (χ2n) is 4.26. The number of hydroxylamine groups is 1. The number of carbonyl (C=O) groups excluding carboxylic acids is 1. The second kappa shape index (κ2) is 4.42. The average molecular weight is 174 g/mol. The van der Waals surface area contributed by atoms with Gasteiger partial charge in [0.1, 0.15) is 0 Å². The number of hydrogen-bond donors (Lipinski definition) is 3. The van der Waals surface area contributed by atoms with Crippen LogP contribution in [0, 0.1) is 5.41 Å². The van der Waals surface area contributed by atoms with E-state index >= 15 is 0 Å². The third kappa shape index (κ3) is 6.12. The lowest BCUT2D eigenvalue weighted by atomic mass is 9.87. The van der Waals surface area contributed by atoms with Crippen LogP contribution >= 0.6 is 0 Å². The van der Waals surface area contributed by atoms with E-state index in [2.05, 4.69) is 20.8 Å². The molecule has 72 valence electrons. The summed E-state index contributed by atoms with van der Waals surface area (Å²) in [4.78, 5) is 10.7. The van der Waals surface area contributed by atoms with E-state index in [4.69, 9.17) is 10.9 Å². The van der Waals surface area contributed by atoms with Crippen LogP contribution in [0.5, 0.6) is 0 Å². The maximum Gasteiger partial charge on any atom is 0.244 e. The van der Waals surface area contributed by atoms with Crippen molar-refractivity contribution in [3.63, 3.8) is 0 Å². The number of rotatable bonds is 3. The van der Waals surface area contributed by atoms with Gasteiger partial charge in [-0.1, -0.05) is 20.8 Å². The lowest BCUT2D eigenvalue weighted by molar-refractivity contribution is -0.129. The molecule has 0 aliphatic carbocycles. The molecule has 1 unspecified atom stereocenters. The topological polar surface area (TPSA) is 75.4 Å². The van der Waals surface area contributed by atoms with E-state index in [1.807, 2.05) is 0 Å². The van der Waals surface area contributed by atoms with Gasteiger partial charge >= 0.3 is 0 Å². The van der Waals surface area contributed by atoms with Gasteiger partial charge in [-0.25, -0.2) is 5.48 Å². The van der Waals surface area contributed by atoms with Crippen molar-refractivity contribution in [1.82, 2.24) is 5.48 Å². The van der Waals surface area contributed by atoms with Crippen molar-refractivity contribution in [3.8, 4) is 0 Å². The molecule has 0 aliphatic heterocycles. The zero-order chi connectivity index (χ0) is 9.78. The summed E-state index contributed by atoms with van der Waals surface area (Å²) in [5.74, 6) is -0.424. The molecule has 0 aliphatic rings. The highest BCUT2D eigenvalue weighted by Crippen LogP contribution is 2.20. The summed E-state index contributed by atoms with van der Waals surface area (Å²) in [7, 11) is 0. The number of nitrogens with two attached hydrogens (primary N) is 1. The quantitative estimate of drug-likeness (QED) is 0.434. The molecule has 0 fully saturated rings. The Balaban J connectivity index is 3.74. The highest BCUT2D eigenvalue weighted by Gasteiger charge is 2.17. The van der Waals surface area contributed by atoms with Gasteiger partial charge in [0, 0.05) is 12.5 Å². The molecule has 1 amide bonds. The van der Waals surface area contributed by atoms with Crippen molar-refractivity contribution >= 4 is 5.91 Å². The van der Waals surface area contributed by atoms with Gasteiger partial charge in [0.15, 0.2) is 0 Å². The summed E-state index contributed by atoms with van der Waals surface area (Å²) in [6.07, 6.45) is 0.939. The number of carbonyl (C=O) groups is 1. The van der Waals surface area contributed by atoms with Gasteiger partial charge in [0.25, 0.3) is 0 Å². The fourth-order valence-electron chi connectivity index (χ4n) is 1.14. The Labute approximate surface area is 73.1 Å². The predicted octanol–water partition coefficient (Wildman–Crippen LogP) is 0.645. The lowest BCUT2D eigenvalue weighted by Gasteiger charge is -2.22. The average Bonchev–Trinajstić information content (AvgIpc) is 1.82. The Hall–Kier alpha value is -0.610. The number of hydrogen-bond acceptors (Lipinski definition) is 3. The predicted molar refractivity (Wildman–Crippen MR) is 46.6 cm³/mol. The molecule has 12 heavy (non-hydrogen) atoms. The first-order chi connectivity index (χ1) is 5.35. The molecule has 0 bridgehead atoms. The maximum absolute atomic E-state index is 10.7. The first-order valence-corrected chi connectivity index (χ1v) is 4.03. The Morgan fingerprint density at radius 2 is 2.08 bits per heavy atom. The van der Waals surface area contributed by atoms with Crippen LogP contribution in [0.15, 0.2) is 0 Å². The second-order valence-corrected chi connectivity index (χ2v) is 4.26. The SMILES string of the molecule is CC(C)(C)CC(N)CC(=O)NO. The Bertz CT molecular complexity index is 152. The number of nitrogens with one attached hydrogen (secondary N) is 1. The van der Waals surface area contributed by atoms with Gasteiger partial charge in [-0.2, -0.15) is 0 Å². The Kier molecular flexibility index (Phi) is 4.20. The van der Waals surface area contributed by atoms with Crippen LogP contribution < -0.4 is 11.2 Å². The van der Waals surface area contributed by atoms with Crippen molar-refractivity contribution in [2.45, 2.75) is 39.7 Å². The zero-order valence-corrected chi connectivity index (χ0v) is 7.92. The summed E-state index contributed by atoms with van der Waals surface area (Å²) >= 11 is 0. The lowest BCUT2D eigenvalue weighted by Crippen LogP contribution is -2.32. The highest BCUT2D eigenvalue weighted by atomic mass is 16.5. The van der Waals surface area contributed by atoms with Crippen LogP contribution in [-0.4, -0.2) is 17.2 Å². The summed E-state index contributed by atoms with van der Waals surface area (Å²) < 4.78 is 0. The van der Waals surface area contributed by atoms with E-state index in [9.17, 15) is 4.79 Å². The molecule has 4 heteroatoms. The Morgan fingerprint density at radius 3 is 2.42 bits per heavy atom. The van der Waals surface area contributed by atoms with Gasteiger partial charge < -0.3 is 5.73 Å². The molecule has 0 saturated heterocycles. The maximum atomic E-state index is 10.7. The molecule has 0 aromatic heterocycles. The van der Waals surface area contributed by atoms with E-state index in [0.29, 0.717) is 0 Å². The van der Waals surface area contributed by atoms with Gasteiger partial charge in [-0.15, -0.1) is 0 Å². The molecule has 0 aromatic carbocycles. The van der Waals surface area contributed by atoms with E-state index in [1.54, 1.807) is 5.48 Å². The van der Waals surface area contributed by atoms with Crippen molar-refractivity contribution in [2.75, 3.05) is 0 Å². The van der Waals surface area contributed by atoms with Crippen molar-refractivity contribution in [1.29, 1.82) is 0 Å². The van der Waals surface area contributed by atoms with Gasteiger partial charge in [0.05, 0.1) is 0 Å². The van der Waals surface area contributed by atoms with Crippen LogP contribution in [0.1, 0.15) is 33.6 Å². The molecule has 0 heterocycles. The van der Waals surface area contributed by atoms with Crippen LogP contribution in [-0.2, 0) is 4.79 Å². The highest BCUT2D eigenvalue weighted by molar-refractivity contribution is 5.75. The van der Waals surface area contributed by atoms with E-state index in [1.165, 1.54) is 0 Å². The van der Waals surface area contributed by atoms with E-state index in [-0.39, 0.29) is 17.9 Å². The third-order valence-corrected chi connectivity index (χ3v) is 1.45. The summed E-state index contributed by atoms with van der Waals surface area (Å²) in [5.41, 5.74) is 7.35. The minimum absolute atomic E-state index is 0.120. The molecular weight excluding hydrogens is 156 g/mol. The van der Waals surface area contributed by atoms with Gasteiger partial charge in [0.2, 0.25) is 5.91 Å². The molecule has 0 aromatic rings. The first-order valence-electron chi connectivity index (χ1n) is 4.03. The van der Waals surface area contributed by atoms with Crippen LogP contribution in [0.2, 0.25) is 0 Å². The third-order valence-electron chi connectivity index (χ3n) is 1.45. The summed E-state index contributed by atoms with van der Waals surface area (Å²) in [6, 6.07) is -0.183. The van der Waals surface area contributed by atoms with Gasteiger partial charge in [-0.05, 0) is 11.8 Å². The first kappa shape index (κ1) is 11.4. The van der Waals surface area contributed by atoms with E-state index in [0.717, 1.165) is 6.42 Å². The normalized spacial score (nSPS) is 14.1. The molecule has 0 saturated carbocycles. The fraction of sp³-hybridized carbons (Fsp3) is 0.875. The molecular formula is C8H18N2O2. The largest absolute Gasteiger partial charge is 0.327 e. The molecule has 1 atom stereocenters. The molecule has 4 N–H and O–H groups in total. The Morgan fingerprint density at radius 1 is 1.58 bits per heavy atom. The smallest absolute Gasteiger partial charge is 0.244 e. The van der Waals surface area contributed by atoms with Crippen molar-refractivity contribution < 1.29 is 10.0 Å².